The number of likely N-dealkylation sites (N-methyl/N-ethyl adjacent to an activating group) is 1. The zero-order valence-electron chi connectivity index (χ0n) is 25.9. The van der Waals surface area contributed by atoms with Crippen LogP contribution in [0.25, 0.3) is 11.1 Å². The van der Waals surface area contributed by atoms with Crippen LogP contribution in [0.15, 0.2) is 95.9 Å². The second kappa shape index (κ2) is 15.2. The predicted octanol–water partition coefficient (Wildman–Crippen LogP) is 4.60. The summed E-state index contributed by atoms with van der Waals surface area (Å²) in [5.41, 5.74) is 4.42. The van der Waals surface area contributed by atoms with Gasteiger partial charge in [-0.25, -0.2) is 8.42 Å². The van der Waals surface area contributed by atoms with Crippen molar-refractivity contribution in [1.82, 2.24) is 15.5 Å². The molecule has 45 heavy (non-hydrogen) atoms. The van der Waals surface area contributed by atoms with Crippen molar-refractivity contribution in [2.75, 3.05) is 57.4 Å². The average molecular weight is 630 g/mol. The van der Waals surface area contributed by atoms with Gasteiger partial charge in [0.2, 0.25) is 0 Å². The van der Waals surface area contributed by atoms with E-state index >= 15 is 0 Å². The van der Waals surface area contributed by atoms with Gasteiger partial charge in [-0.3, -0.25) is 14.3 Å². The smallest absolute Gasteiger partial charge is 0.265 e. The largest absolute Gasteiger partial charge is 0.495 e. The molecule has 0 fully saturated rings. The molecular weight excluding hydrogens is 590 g/mol. The normalized spacial score (nSPS) is 11.1. The van der Waals surface area contributed by atoms with Crippen LogP contribution in [0.4, 0.5) is 11.4 Å². The van der Waals surface area contributed by atoms with Gasteiger partial charge in [-0.15, -0.1) is 0 Å². The van der Waals surface area contributed by atoms with Crippen LogP contribution in [0.1, 0.15) is 26.3 Å². The summed E-state index contributed by atoms with van der Waals surface area (Å²) >= 11 is 0. The fourth-order valence-corrected chi connectivity index (χ4v) is 5.82. The zero-order valence-corrected chi connectivity index (χ0v) is 26.7. The second-order valence-electron chi connectivity index (χ2n) is 10.7. The third kappa shape index (κ3) is 9.31. The molecule has 10 nitrogen and oxygen atoms in total. The number of nitrogens with one attached hydrogen (secondary N) is 4. The van der Waals surface area contributed by atoms with Gasteiger partial charge in [0.25, 0.3) is 21.8 Å². The van der Waals surface area contributed by atoms with Crippen LogP contribution in [0.2, 0.25) is 0 Å². The van der Waals surface area contributed by atoms with Crippen LogP contribution >= 0.6 is 0 Å². The number of sulfonamides is 1. The van der Waals surface area contributed by atoms with Crippen molar-refractivity contribution in [3.05, 3.63) is 108 Å². The summed E-state index contributed by atoms with van der Waals surface area (Å²) in [6.45, 7) is 3.97. The number of carbonyl (C=O) groups is 2. The Labute approximate surface area is 264 Å². The first-order chi connectivity index (χ1) is 21.6. The van der Waals surface area contributed by atoms with Gasteiger partial charge in [0.15, 0.2) is 0 Å². The first kappa shape index (κ1) is 33.0. The van der Waals surface area contributed by atoms with Gasteiger partial charge in [-0.2, -0.15) is 0 Å². The molecule has 0 saturated carbocycles. The van der Waals surface area contributed by atoms with Gasteiger partial charge in [-0.05, 0) is 86.7 Å². The van der Waals surface area contributed by atoms with E-state index in [0.29, 0.717) is 59.8 Å². The Kier molecular flexibility index (Phi) is 11.2. The minimum Gasteiger partial charge on any atom is -0.495 e. The Hall–Kier alpha value is -4.87. The van der Waals surface area contributed by atoms with Crippen molar-refractivity contribution < 1.29 is 22.7 Å². The van der Waals surface area contributed by atoms with Crippen molar-refractivity contribution in [2.24, 2.45) is 0 Å². The zero-order chi connectivity index (χ0) is 32.4. The summed E-state index contributed by atoms with van der Waals surface area (Å²) in [5, 5.41) is 8.97. The Balaban J connectivity index is 1.44. The molecule has 0 aliphatic heterocycles. The molecule has 2 amide bonds. The number of anilines is 2. The molecular formula is C34H39N5O5S. The van der Waals surface area contributed by atoms with Crippen molar-refractivity contribution >= 4 is 33.2 Å². The summed E-state index contributed by atoms with van der Waals surface area (Å²) in [5.74, 6) is -0.181. The maximum atomic E-state index is 13.6. The van der Waals surface area contributed by atoms with Crippen LogP contribution in [0, 0.1) is 6.92 Å². The number of methoxy groups -OCH3 is 1. The Morgan fingerprint density at radius 3 is 2.09 bits per heavy atom. The highest BCUT2D eigenvalue weighted by atomic mass is 32.2. The van der Waals surface area contributed by atoms with E-state index in [1.807, 2.05) is 56.3 Å². The molecule has 0 atom stereocenters. The lowest BCUT2D eigenvalue weighted by Gasteiger charge is -2.15. The van der Waals surface area contributed by atoms with Gasteiger partial charge < -0.3 is 25.6 Å². The highest BCUT2D eigenvalue weighted by Crippen LogP contribution is 2.32. The number of ether oxygens (including phenoxy) is 1. The third-order valence-corrected chi connectivity index (χ3v) is 8.29. The minimum atomic E-state index is -4.06. The van der Waals surface area contributed by atoms with E-state index < -0.39 is 10.0 Å². The molecule has 0 bridgehead atoms. The maximum absolute atomic E-state index is 13.6. The molecule has 0 heterocycles. The van der Waals surface area contributed by atoms with Crippen LogP contribution < -0.4 is 25.4 Å². The molecule has 0 aromatic heterocycles. The number of carbonyl (C=O) groups excluding carboxylic acids is 2. The average Bonchev–Trinajstić information content (AvgIpc) is 3.02. The molecule has 0 aliphatic rings. The second-order valence-corrected chi connectivity index (χ2v) is 12.4. The third-order valence-electron chi connectivity index (χ3n) is 6.89. The van der Waals surface area contributed by atoms with Crippen molar-refractivity contribution in [2.45, 2.75) is 11.8 Å². The fourth-order valence-electron chi connectivity index (χ4n) is 4.58. The first-order valence-corrected chi connectivity index (χ1v) is 16.0. The van der Waals surface area contributed by atoms with Gasteiger partial charge in [0.1, 0.15) is 10.6 Å². The molecule has 4 aromatic carbocycles. The number of benzene rings is 4. The molecule has 0 unspecified atom stereocenters. The predicted molar refractivity (Wildman–Crippen MR) is 179 cm³/mol. The minimum absolute atomic E-state index is 0.0411. The lowest BCUT2D eigenvalue weighted by Crippen LogP contribution is -2.31. The Morgan fingerprint density at radius 1 is 0.733 bits per heavy atom. The summed E-state index contributed by atoms with van der Waals surface area (Å²) in [6, 6.07) is 26.1. The van der Waals surface area contributed by atoms with Crippen molar-refractivity contribution in [3.63, 3.8) is 0 Å². The van der Waals surface area contributed by atoms with Gasteiger partial charge >= 0.3 is 0 Å². The standard InChI is InChI=1S/C34H39N5O5S/c1-24-8-5-10-27(20-24)33(40)36-17-16-35-29-12-7-13-30(23-29)38-45(42,43)32-22-26(14-15-31(32)44-4)25-9-6-11-28(21-25)34(41)37-18-19-39(2)3/h5-15,20-23,35,38H,16-19H2,1-4H3,(H,36,40)(H,37,41). The molecule has 0 saturated heterocycles. The van der Waals surface area contributed by atoms with E-state index in [-0.39, 0.29) is 22.5 Å². The maximum Gasteiger partial charge on any atom is 0.265 e. The van der Waals surface area contributed by atoms with Gasteiger partial charge in [0, 0.05) is 43.0 Å². The molecule has 4 N–H and O–H groups in total. The summed E-state index contributed by atoms with van der Waals surface area (Å²) in [4.78, 5) is 27.0. The monoisotopic (exact) mass is 629 g/mol. The summed E-state index contributed by atoms with van der Waals surface area (Å²) < 4.78 is 35.2. The number of hydrogen-bond acceptors (Lipinski definition) is 7. The lowest BCUT2D eigenvalue weighted by atomic mass is 10.0. The van der Waals surface area contributed by atoms with E-state index in [1.165, 1.54) is 13.2 Å². The SMILES string of the molecule is COc1ccc(-c2cccc(C(=O)NCCN(C)C)c2)cc1S(=O)(=O)Nc1cccc(NCCNC(=O)c2cccc(C)c2)c1. The first-order valence-electron chi connectivity index (χ1n) is 14.5. The molecule has 11 heteroatoms. The topological polar surface area (TPSA) is 129 Å². The van der Waals surface area contributed by atoms with E-state index in [2.05, 4.69) is 20.7 Å². The molecule has 236 valence electrons. The van der Waals surface area contributed by atoms with Gasteiger partial charge in [-0.1, -0.05) is 42.0 Å². The van der Waals surface area contributed by atoms with E-state index in [1.54, 1.807) is 54.6 Å². The Morgan fingerprint density at radius 2 is 1.38 bits per heavy atom. The number of rotatable bonds is 14. The molecule has 0 aliphatic carbocycles. The fraction of sp³-hybridized carbons (Fsp3) is 0.235. The highest BCUT2D eigenvalue weighted by molar-refractivity contribution is 7.92. The van der Waals surface area contributed by atoms with E-state index in [9.17, 15) is 18.0 Å². The van der Waals surface area contributed by atoms with E-state index in [4.69, 9.17) is 4.74 Å². The Bertz CT molecular complexity index is 1760. The number of nitrogens with zero attached hydrogens (tertiary/aromatic N) is 1. The van der Waals surface area contributed by atoms with Gasteiger partial charge in [0.05, 0.1) is 12.8 Å². The quantitative estimate of drug-likeness (QED) is 0.150. The lowest BCUT2D eigenvalue weighted by molar-refractivity contribution is 0.0944. The number of aryl methyl sites for hydroxylation is 1. The van der Waals surface area contributed by atoms with Crippen LogP contribution in [0.5, 0.6) is 5.75 Å². The number of hydrogen-bond donors (Lipinski definition) is 4. The highest BCUT2D eigenvalue weighted by Gasteiger charge is 2.21. The van der Waals surface area contributed by atoms with Crippen LogP contribution in [-0.2, 0) is 10.0 Å². The number of amides is 2. The molecule has 4 rings (SSSR count). The molecule has 0 spiro atoms. The summed E-state index contributed by atoms with van der Waals surface area (Å²) in [7, 11) is 1.21. The van der Waals surface area contributed by atoms with Crippen molar-refractivity contribution in [1.29, 1.82) is 0 Å². The van der Waals surface area contributed by atoms with Crippen LogP contribution in [-0.4, -0.2) is 72.5 Å². The molecule has 4 aromatic rings. The molecule has 0 radical (unpaired) electrons. The van der Waals surface area contributed by atoms with E-state index in [0.717, 1.165) is 5.56 Å². The van der Waals surface area contributed by atoms with Crippen LogP contribution in [0.3, 0.4) is 0 Å². The summed E-state index contributed by atoms with van der Waals surface area (Å²) in [6.07, 6.45) is 0. The van der Waals surface area contributed by atoms with Crippen molar-refractivity contribution in [3.8, 4) is 16.9 Å².